The van der Waals surface area contributed by atoms with Gasteiger partial charge in [-0.15, -0.1) is 0 Å². The topological polar surface area (TPSA) is 49.4 Å². The van der Waals surface area contributed by atoms with Gasteiger partial charge in [-0.3, -0.25) is 9.69 Å². The van der Waals surface area contributed by atoms with E-state index < -0.39 is 5.54 Å². The minimum atomic E-state index is -0.680. The standard InChI is InChI=1S/C16H24N2O2/c1-3-15(2)13(19)18(14(20)17-15)16-7-10-4-11(8-16)6-12(5-10)9-16/h10-12H,3-9H2,1-2H3,(H,17,20). The number of amides is 3. The van der Waals surface area contributed by atoms with Crippen molar-refractivity contribution in [3.63, 3.8) is 0 Å². The van der Waals surface area contributed by atoms with Gasteiger partial charge in [0.2, 0.25) is 0 Å². The predicted molar refractivity (Wildman–Crippen MR) is 75.0 cm³/mol. The first-order valence-electron chi connectivity index (χ1n) is 8.12. The molecule has 0 aromatic heterocycles. The summed E-state index contributed by atoms with van der Waals surface area (Å²) >= 11 is 0. The largest absolute Gasteiger partial charge is 0.325 e. The number of hydrogen-bond acceptors (Lipinski definition) is 2. The summed E-state index contributed by atoms with van der Waals surface area (Å²) in [5, 5.41) is 2.94. The summed E-state index contributed by atoms with van der Waals surface area (Å²) in [5.74, 6) is 2.26. The van der Waals surface area contributed by atoms with Gasteiger partial charge < -0.3 is 5.32 Å². The van der Waals surface area contributed by atoms with Crippen molar-refractivity contribution in [2.75, 3.05) is 0 Å². The molecule has 1 saturated heterocycles. The lowest BCUT2D eigenvalue weighted by molar-refractivity contribution is -0.143. The number of carbonyl (C=O) groups is 2. The van der Waals surface area contributed by atoms with E-state index in [-0.39, 0.29) is 17.5 Å². The number of urea groups is 1. The average molecular weight is 276 g/mol. The Labute approximate surface area is 120 Å². The Morgan fingerprint density at radius 3 is 2.00 bits per heavy atom. The summed E-state index contributed by atoms with van der Waals surface area (Å²) < 4.78 is 0. The third-order valence-corrected chi connectivity index (χ3v) is 6.45. The molecule has 0 radical (unpaired) electrons. The Morgan fingerprint density at radius 1 is 1.10 bits per heavy atom. The van der Waals surface area contributed by atoms with E-state index in [4.69, 9.17) is 0 Å². The molecule has 1 heterocycles. The van der Waals surface area contributed by atoms with Crippen molar-refractivity contribution in [3.8, 4) is 0 Å². The Balaban J connectivity index is 1.70. The fraction of sp³-hybridized carbons (Fsp3) is 0.875. The van der Waals surface area contributed by atoms with E-state index in [2.05, 4.69) is 5.32 Å². The molecular formula is C16H24N2O2. The Morgan fingerprint density at radius 2 is 1.60 bits per heavy atom. The lowest BCUT2D eigenvalue weighted by atomic mass is 9.52. The SMILES string of the molecule is CCC1(C)NC(=O)N(C23CC4CC(CC(C4)C2)C3)C1=O. The van der Waals surface area contributed by atoms with Crippen LogP contribution in [0.4, 0.5) is 4.79 Å². The summed E-state index contributed by atoms with van der Waals surface area (Å²) in [7, 11) is 0. The maximum absolute atomic E-state index is 12.8. The van der Waals surface area contributed by atoms with Gasteiger partial charge >= 0.3 is 6.03 Å². The molecule has 5 rings (SSSR count). The predicted octanol–water partition coefficient (Wildman–Crippen LogP) is 2.68. The third kappa shape index (κ3) is 1.48. The second kappa shape index (κ2) is 3.77. The van der Waals surface area contributed by atoms with Crippen LogP contribution in [0, 0.1) is 17.8 Å². The van der Waals surface area contributed by atoms with Crippen LogP contribution >= 0.6 is 0 Å². The third-order valence-electron chi connectivity index (χ3n) is 6.45. The van der Waals surface area contributed by atoms with Crippen molar-refractivity contribution in [2.24, 2.45) is 17.8 Å². The first kappa shape index (κ1) is 12.7. The highest BCUT2D eigenvalue weighted by atomic mass is 16.2. The molecule has 5 aliphatic rings. The molecular weight excluding hydrogens is 252 g/mol. The molecule has 4 heteroatoms. The van der Waals surface area contributed by atoms with Crippen molar-refractivity contribution in [3.05, 3.63) is 0 Å². The van der Waals surface area contributed by atoms with Crippen LogP contribution in [0.5, 0.6) is 0 Å². The average Bonchev–Trinajstić information content (AvgIpc) is 2.59. The van der Waals surface area contributed by atoms with E-state index in [0.29, 0.717) is 6.42 Å². The van der Waals surface area contributed by atoms with Gasteiger partial charge in [0.25, 0.3) is 5.91 Å². The van der Waals surface area contributed by atoms with E-state index in [1.54, 1.807) is 4.90 Å². The number of carbonyl (C=O) groups excluding carboxylic acids is 2. The lowest BCUT2D eigenvalue weighted by Crippen LogP contribution is -2.62. The molecule has 0 aromatic carbocycles. The van der Waals surface area contributed by atoms with Crippen LogP contribution in [0.1, 0.15) is 58.8 Å². The van der Waals surface area contributed by atoms with Crippen LogP contribution in [0.15, 0.2) is 0 Å². The maximum Gasteiger partial charge on any atom is 0.325 e. The maximum atomic E-state index is 12.8. The van der Waals surface area contributed by atoms with Crippen molar-refractivity contribution < 1.29 is 9.59 Å². The Bertz CT molecular complexity index is 452. The smallest absolute Gasteiger partial charge is 0.323 e. The molecule has 4 nitrogen and oxygen atoms in total. The van der Waals surface area contributed by atoms with Gasteiger partial charge in [0.15, 0.2) is 0 Å². The number of rotatable bonds is 2. The highest BCUT2D eigenvalue weighted by Gasteiger charge is 2.61. The zero-order valence-electron chi connectivity index (χ0n) is 12.4. The molecule has 1 atom stereocenters. The summed E-state index contributed by atoms with van der Waals surface area (Å²) in [4.78, 5) is 26.9. The molecule has 3 amide bonds. The number of imide groups is 1. The van der Waals surface area contributed by atoms with Crippen LogP contribution in [0.2, 0.25) is 0 Å². The van der Waals surface area contributed by atoms with Gasteiger partial charge in [-0.25, -0.2) is 4.79 Å². The van der Waals surface area contributed by atoms with E-state index >= 15 is 0 Å². The van der Waals surface area contributed by atoms with Gasteiger partial charge in [0.1, 0.15) is 5.54 Å². The zero-order valence-corrected chi connectivity index (χ0v) is 12.4. The van der Waals surface area contributed by atoms with Gasteiger partial charge in [-0.1, -0.05) is 6.92 Å². The van der Waals surface area contributed by atoms with Crippen molar-refractivity contribution >= 4 is 11.9 Å². The monoisotopic (exact) mass is 276 g/mol. The van der Waals surface area contributed by atoms with Crippen LogP contribution in [-0.4, -0.2) is 27.9 Å². The zero-order chi connectivity index (χ0) is 14.1. The van der Waals surface area contributed by atoms with Crippen molar-refractivity contribution in [1.29, 1.82) is 0 Å². The molecule has 1 aliphatic heterocycles. The molecule has 20 heavy (non-hydrogen) atoms. The second-order valence-electron chi connectivity index (χ2n) is 7.90. The van der Waals surface area contributed by atoms with E-state index in [9.17, 15) is 9.59 Å². The second-order valence-corrected chi connectivity index (χ2v) is 7.90. The molecule has 4 aliphatic carbocycles. The molecule has 1 unspecified atom stereocenters. The molecule has 1 N–H and O–H groups in total. The lowest BCUT2D eigenvalue weighted by Gasteiger charge is -2.58. The van der Waals surface area contributed by atoms with Gasteiger partial charge in [0, 0.05) is 0 Å². The highest BCUT2D eigenvalue weighted by Crippen LogP contribution is 2.58. The molecule has 4 bridgehead atoms. The van der Waals surface area contributed by atoms with Gasteiger partial charge in [-0.05, 0) is 69.6 Å². The first-order valence-corrected chi connectivity index (χ1v) is 8.12. The van der Waals surface area contributed by atoms with Gasteiger partial charge in [-0.2, -0.15) is 0 Å². The van der Waals surface area contributed by atoms with Crippen molar-refractivity contribution in [2.45, 2.75) is 69.9 Å². The van der Waals surface area contributed by atoms with Crippen LogP contribution < -0.4 is 5.32 Å². The van der Waals surface area contributed by atoms with E-state index in [0.717, 1.165) is 37.0 Å². The quantitative estimate of drug-likeness (QED) is 0.788. The van der Waals surface area contributed by atoms with Gasteiger partial charge in [0.05, 0.1) is 5.54 Å². The Kier molecular flexibility index (Phi) is 2.39. The summed E-state index contributed by atoms with van der Waals surface area (Å²) in [6, 6.07) is -0.138. The minimum absolute atomic E-state index is 0.0203. The molecule has 0 aromatic rings. The normalized spacial score (nSPS) is 49.9. The van der Waals surface area contributed by atoms with E-state index in [1.807, 2.05) is 13.8 Å². The number of nitrogens with one attached hydrogen (secondary N) is 1. The number of hydrogen-bond donors (Lipinski definition) is 1. The summed E-state index contributed by atoms with van der Waals surface area (Å²) in [6.45, 7) is 3.84. The Hall–Kier alpha value is -1.06. The fourth-order valence-corrected chi connectivity index (χ4v) is 5.69. The van der Waals surface area contributed by atoms with E-state index in [1.165, 1.54) is 19.3 Å². The first-order chi connectivity index (χ1) is 9.46. The van der Waals surface area contributed by atoms with Crippen LogP contribution in [-0.2, 0) is 4.79 Å². The van der Waals surface area contributed by atoms with Crippen LogP contribution in [0.25, 0.3) is 0 Å². The highest BCUT2D eigenvalue weighted by molar-refractivity contribution is 6.07. The molecule has 4 saturated carbocycles. The van der Waals surface area contributed by atoms with Crippen molar-refractivity contribution in [1.82, 2.24) is 10.2 Å². The molecule has 5 fully saturated rings. The molecule has 110 valence electrons. The number of nitrogens with zero attached hydrogens (tertiary/aromatic N) is 1. The minimum Gasteiger partial charge on any atom is -0.323 e. The fourth-order valence-electron chi connectivity index (χ4n) is 5.69. The van der Waals surface area contributed by atoms with Crippen LogP contribution in [0.3, 0.4) is 0 Å². The summed E-state index contributed by atoms with van der Waals surface area (Å²) in [6.07, 6.45) is 7.81. The summed E-state index contributed by atoms with van der Waals surface area (Å²) in [5.41, 5.74) is -0.830. The molecule has 0 spiro atoms.